The first kappa shape index (κ1) is 16.8. The summed E-state index contributed by atoms with van der Waals surface area (Å²) in [7, 11) is 0. The molecule has 0 unspecified atom stereocenters. The van der Waals surface area contributed by atoms with Crippen molar-refractivity contribution in [3.63, 3.8) is 0 Å². The summed E-state index contributed by atoms with van der Waals surface area (Å²) < 4.78 is 2.15. The monoisotopic (exact) mass is 365 g/mol. The second kappa shape index (κ2) is 7.29. The van der Waals surface area contributed by atoms with E-state index >= 15 is 0 Å². The Morgan fingerprint density at radius 1 is 1.19 bits per heavy atom. The summed E-state index contributed by atoms with van der Waals surface area (Å²) >= 11 is 1.43. The van der Waals surface area contributed by atoms with Crippen LogP contribution in [-0.2, 0) is 4.79 Å². The third-order valence-electron chi connectivity index (χ3n) is 4.27. The maximum Gasteiger partial charge on any atom is 0.234 e. The summed E-state index contributed by atoms with van der Waals surface area (Å²) in [5, 5.41) is 12.4. The van der Waals surface area contributed by atoms with Gasteiger partial charge in [0.25, 0.3) is 0 Å². The standard InChI is InChI=1S/C19H19N5OS/c1-13-4-2-3-5-16(13)21-17(25)12-26-19-23-22-18(24(19)15-6-7-15)14-8-10-20-11-9-14/h2-5,8-11,15H,6-7,12H2,1H3,(H,21,25). The van der Waals surface area contributed by atoms with Gasteiger partial charge in [-0.05, 0) is 43.5 Å². The lowest BCUT2D eigenvalue weighted by Crippen LogP contribution is -2.15. The molecule has 1 saturated carbocycles. The zero-order chi connectivity index (χ0) is 17.9. The molecule has 4 rings (SSSR count). The van der Waals surface area contributed by atoms with Crippen molar-refractivity contribution in [3.05, 3.63) is 54.4 Å². The number of rotatable bonds is 6. The highest BCUT2D eigenvalue weighted by Crippen LogP contribution is 2.40. The van der Waals surface area contributed by atoms with Crippen LogP contribution in [-0.4, -0.2) is 31.4 Å². The Kier molecular flexibility index (Phi) is 4.71. The van der Waals surface area contributed by atoms with Crippen LogP contribution >= 0.6 is 11.8 Å². The third-order valence-corrected chi connectivity index (χ3v) is 5.21. The van der Waals surface area contributed by atoms with Crippen LogP contribution in [0.1, 0.15) is 24.4 Å². The number of nitrogens with zero attached hydrogens (tertiary/aromatic N) is 4. The van der Waals surface area contributed by atoms with Crippen molar-refractivity contribution in [2.75, 3.05) is 11.1 Å². The lowest BCUT2D eigenvalue weighted by atomic mass is 10.2. The van der Waals surface area contributed by atoms with Gasteiger partial charge >= 0.3 is 0 Å². The normalized spacial score (nSPS) is 13.6. The first-order valence-electron chi connectivity index (χ1n) is 8.56. The first-order valence-corrected chi connectivity index (χ1v) is 9.54. The number of benzene rings is 1. The van der Waals surface area contributed by atoms with Gasteiger partial charge in [0.2, 0.25) is 5.91 Å². The van der Waals surface area contributed by atoms with E-state index in [4.69, 9.17) is 0 Å². The van der Waals surface area contributed by atoms with Gasteiger partial charge in [0, 0.05) is 29.7 Å². The number of aryl methyl sites for hydroxylation is 1. The summed E-state index contributed by atoms with van der Waals surface area (Å²) in [5.41, 5.74) is 2.89. The first-order chi connectivity index (χ1) is 12.7. The third kappa shape index (κ3) is 3.62. The minimum absolute atomic E-state index is 0.0416. The molecule has 3 aromatic rings. The van der Waals surface area contributed by atoms with E-state index in [1.54, 1.807) is 12.4 Å². The lowest BCUT2D eigenvalue weighted by Gasteiger charge is -2.10. The van der Waals surface area contributed by atoms with Crippen molar-refractivity contribution in [2.24, 2.45) is 0 Å². The van der Waals surface area contributed by atoms with Crippen LogP contribution in [0.5, 0.6) is 0 Å². The molecule has 132 valence electrons. The molecule has 0 bridgehead atoms. The average Bonchev–Trinajstić information content (AvgIpc) is 3.42. The van der Waals surface area contributed by atoms with Gasteiger partial charge in [-0.1, -0.05) is 30.0 Å². The van der Waals surface area contributed by atoms with Crippen LogP contribution in [0.15, 0.2) is 53.9 Å². The summed E-state index contributed by atoms with van der Waals surface area (Å²) in [6.07, 6.45) is 5.76. The molecule has 26 heavy (non-hydrogen) atoms. The van der Waals surface area contributed by atoms with Gasteiger partial charge in [-0.2, -0.15) is 0 Å². The summed E-state index contributed by atoms with van der Waals surface area (Å²) in [6, 6.07) is 12.1. The molecule has 1 aliphatic rings. The van der Waals surface area contributed by atoms with Gasteiger partial charge in [0.1, 0.15) is 0 Å². The molecule has 7 heteroatoms. The minimum atomic E-state index is -0.0416. The molecule has 0 spiro atoms. The lowest BCUT2D eigenvalue weighted by molar-refractivity contribution is -0.113. The van der Waals surface area contributed by atoms with E-state index in [0.717, 1.165) is 40.6 Å². The van der Waals surface area contributed by atoms with Gasteiger partial charge in [0.05, 0.1) is 5.75 Å². The van der Waals surface area contributed by atoms with Gasteiger partial charge in [-0.3, -0.25) is 14.3 Å². The van der Waals surface area contributed by atoms with E-state index in [1.165, 1.54) is 11.8 Å². The SMILES string of the molecule is Cc1ccccc1NC(=O)CSc1nnc(-c2ccncc2)n1C1CC1. The van der Waals surface area contributed by atoms with E-state index in [-0.39, 0.29) is 5.91 Å². The fourth-order valence-electron chi connectivity index (χ4n) is 2.76. The summed E-state index contributed by atoms with van der Waals surface area (Å²) in [5.74, 6) is 1.10. The molecule has 0 saturated heterocycles. The van der Waals surface area contributed by atoms with Crippen molar-refractivity contribution < 1.29 is 4.79 Å². The number of pyridine rings is 1. The number of aromatic nitrogens is 4. The molecular weight excluding hydrogens is 346 g/mol. The second-order valence-electron chi connectivity index (χ2n) is 6.30. The van der Waals surface area contributed by atoms with Gasteiger partial charge in [0.15, 0.2) is 11.0 Å². The number of amides is 1. The molecule has 6 nitrogen and oxygen atoms in total. The van der Waals surface area contributed by atoms with Crippen LogP contribution in [0.25, 0.3) is 11.4 Å². The van der Waals surface area contributed by atoms with Crippen molar-refractivity contribution >= 4 is 23.4 Å². The molecule has 0 aliphatic heterocycles. The molecular formula is C19H19N5OS. The van der Waals surface area contributed by atoms with Crippen LogP contribution in [0, 0.1) is 6.92 Å². The van der Waals surface area contributed by atoms with E-state index in [1.807, 2.05) is 43.3 Å². The molecule has 1 amide bonds. The number of carbonyl (C=O) groups is 1. The van der Waals surface area contributed by atoms with Crippen molar-refractivity contribution in [1.29, 1.82) is 0 Å². The van der Waals surface area contributed by atoms with E-state index < -0.39 is 0 Å². The number of anilines is 1. The van der Waals surface area contributed by atoms with Gasteiger partial charge < -0.3 is 5.32 Å². The topological polar surface area (TPSA) is 72.7 Å². The van der Waals surface area contributed by atoms with Crippen LogP contribution in [0.2, 0.25) is 0 Å². The fraction of sp³-hybridized carbons (Fsp3) is 0.263. The largest absolute Gasteiger partial charge is 0.325 e. The van der Waals surface area contributed by atoms with Crippen LogP contribution in [0.3, 0.4) is 0 Å². The Morgan fingerprint density at radius 2 is 1.96 bits per heavy atom. The zero-order valence-electron chi connectivity index (χ0n) is 14.4. The van der Waals surface area contributed by atoms with E-state index in [9.17, 15) is 4.79 Å². The van der Waals surface area contributed by atoms with E-state index in [0.29, 0.717) is 11.8 Å². The number of hydrogen-bond donors (Lipinski definition) is 1. The number of para-hydroxylation sites is 1. The fourth-order valence-corrected chi connectivity index (χ4v) is 3.57. The maximum atomic E-state index is 12.3. The summed E-state index contributed by atoms with van der Waals surface area (Å²) in [4.78, 5) is 16.4. The molecule has 1 N–H and O–H groups in total. The number of carbonyl (C=O) groups excluding carboxylic acids is 1. The number of thioether (sulfide) groups is 1. The van der Waals surface area contributed by atoms with Crippen LogP contribution in [0.4, 0.5) is 5.69 Å². The van der Waals surface area contributed by atoms with Gasteiger partial charge in [-0.15, -0.1) is 10.2 Å². The molecule has 2 aromatic heterocycles. The van der Waals surface area contributed by atoms with Crippen molar-refractivity contribution in [3.8, 4) is 11.4 Å². The highest BCUT2D eigenvalue weighted by atomic mass is 32.2. The Labute approximate surface area is 156 Å². The molecule has 0 atom stereocenters. The van der Waals surface area contributed by atoms with Crippen molar-refractivity contribution in [1.82, 2.24) is 19.7 Å². The van der Waals surface area contributed by atoms with E-state index in [2.05, 4.69) is 25.1 Å². The molecule has 1 fully saturated rings. The Hall–Kier alpha value is -2.67. The highest BCUT2D eigenvalue weighted by Gasteiger charge is 2.30. The Morgan fingerprint density at radius 3 is 2.69 bits per heavy atom. The second-order valence-corrected chi connectivity index (χ2v) is 7.24. The number of hydrogen-bond acceptors (Lipinski definition) is 5. The zero-order valence-corrected chi connectivity index (χ0v) is 15.2. The molecule has 0 radical (unpaired) electrons. The smallest absolute Gasteiger partial charge is 0.234 e. The predicted octanol–water partition coefficient (Wildman–Crippen LogP) is 3.71. The highest BCUT2D eigenvalue weighted by molar-refractivity contribution is 7.99. The Balaban J connectivity index is 1.48. The summed E-state index contributed by atoms with van der Waals surface area (Å²) in [6.45, 7) is 1.98. The molecule has 1 aliphatic carbocycles. The average molecular weight is 365 g/mol. The Bertz CT molecular complexity index is 921. The molecule has 1 aromatic carbocycles. The maximum absolute atomic E-state index is 12.3. The quantitative estimate of drug-likeness (QED) is 0.674. The number of nitrogens with one attached hydrogen (secondary N) is 1. The molecule has 2 heterocycles. The van der Waals surface area contributed by atoms with Crippen molar-refractivity contribution in [2.45, 2.75) is 31.0 Å². The minimum Gasteiger partial charge on any atom is -0.325 e. The van der Waals surface area contributed by atoms with Gasteiger partial charge in [-0.25, -0.2) is 0 Å². The van der Waals surface area contributed by atoms with Crippen LogP contribution < -0.4 is 5.32 Å². The predicted molar refractivity (Wildman–Crippen MR) is 102 cm³/mol.